The largest absolute Gasteiger partial charge is 0.472 e. The highest BCUT2D eigenvalue weighted by Gasteiger charge is 2.16. The van der Waals surface area contributed by atoms with Gasteiger partial charge in [-0.25, -0.2) is 0 Å². The summed E-state index contributed by atoms with van der Waals surface area (Å²) in [5.74, 6) is 0.393. The second-order valence-electron chi connectivity index (χ2n) is 4.33. The molecule has 0 bridgehead atoms. The monoisotopic (exact) mass is 225 g/mol. The lowest BCUT2D eigenvalue weighted by atomic mass is 9.96. The fraction of sp³-hybridized carbons (Fsp3) is 0.692. The second kappa shape index (κ2) is 6.71. The molecule has 0 amide bonds. The van der Waals surface area contributed by atoms with Gasteiger partial charge in [-0.3, -0.25) is 0 Å². The Morgan fingerprint density at radius 2 is 2.06 bits per heavy atom. The minimum Gasteiger partial charge on any atom is -0.472 e. The fourth-order valence-corrected chi connectivity index (χ4v) is 1.94. The zero-order chi connectivity index (χ0) is 12.0. The summed E-state index contributed by atoms with van der Waals surface area (Å²) in [4.78, 5) is 0. The molecule has 2 unspecified atom stereocenters. The summed E-state index contributed by atoms with van der Waals surface area (Å²) in [6.45, 7) is 6.96. The normalized spacial score (nSPS) is 15.3. The number of rotatable bonds is 7. The van der Waals surface area contributed by atoms with E-state index in [2.05, 4.69) is 26.1 Å². The Labute approximate surface area is 97.9 Å². The maximum Gasteiger partial charge on any atom is 0.0950 e. The van der Waals surface area contributed by atoms with E-state index in [0.717, 1.165) is 18.4 Å². The third-order valence-corrected chi connectivity index (χ3v) is 3.27. The Kier molecular flexibility index (Phi) is 5.56. The molecule has 0 saturated carbocycles. The van der Waals surface area contributed by atoms with E-state index in [1.165, 1.54) is 0 Å². The van der Waals surface area contributed by atoms with E-state index in [9.17, 15) is 5.11 Å². The van der Waals surface area contributed by atoms with Crippen molar-refractivity contribution in [2.24, 2.45) is 5.92 Å². The van der Waals surface area contributed by atoms with Crippen molar-refractivity contribution in [1.82, 2.24) is 5.32 Å². The van der Waals surface area contributed by atoms with E-state index in [0.29, 0.717) is 12.5 Å². The molecule has 3 nitrogen and oxygen atoms in total. The average Bonchev–Trinajstić information content (AvgIpc) is 2.81. The van der Waals surface area contributed by atoms with Crippen LogP contribution in [0.3, 0.4) is 0 Å². The van der Waals surface area contributed by atoms with Crippen molar-refractivity contribution in [3.63, 3.8) is 0 Å². The van der Waals surface area contributed by atoms with Gasteiger partial charge in [-0.1, -0.05) is 26.7 Å². The predicted octanol–water partition coefficient (Wildman–Crippen LogP) is 2.73. The van der Waals surface area contributed by atoms with Crippen LogP contribution in [0.5, 0.6) is 0 Å². The van der Waals surface area contributed by atoms with Crippen molar-refractivity contribution in [1.29, 1.82) is 0 Å². The molecule has 3 heteroatoms. The van der Waals surface area contributed by atoms with Gasteiger partial charge in [0.05, 0.1) is 18.6 Å². The molecule has 1 aromatic rings. The number of hydrogen-bond acceptors (Lipinski definition) is 3. The van der Waals surface area contributed by atoms with Crippen LogP contribution >= 0.6 is 0 Å². The standard InChI is InChI=1S/C13H23NO2/c1-4-11(5-2)13(15)8-14-10(3)12-6-7-16-9-12/h6-7,9-11,13-15H,4-5,8H2,1-3H3. The molecule has 2 N–H and O–H groups in total. The zero-order valence-corrected chi connectivity index (χ0v) is 10.4. The second-order valence-corrected chi connectivity index (χ2v) is 4.33. The molecular formula is C13H23NO2. The molecule has 2 atom stereocenters. The van der Waals surface area contributed by atoms with E-state index < -0.39 is 0 Å². The molecule has 0 spiro atoms. The first-order chi connectivity index (χ1) is 7.69. The van der Waals surface area contributed by atoms with E-state index in [1.54, 1.807) is 12.5 Å². The minimum absolute atomic E-state index is 0.225. The molecule has 0 aliphatic rings. The highest BCUT2D eigenvalue weighted by molar-refractivity contribution is 5.10. The topological polar surface area (TPSA) is 45.4 Å². The molecule has 92 valence electrons. The van der Waals surface area contributed by atoms with Crippen LogP contribution in [0.15, 0.2) is 23.0 Å². The molecule has 0 aliphatic carbocycles. The van der Waals surface area contributed by atoms with Crippen molar-refractivity contribution >= 4 is 0 Å². The summed E-state index contributed by atoms with van der Waals surface area (Å²) in [6, 6.07) is 2.17. The number of furan rings is 1. The summed E-state index contributed by atoms with van der Waals surface area (Å²) < 4.78 is 5.03. The summed E-state index contributed by atoms with van der Waals surface area (Å²) in [5, 5.41) is 13.3. The maximum atomic E-state index is 9.97. The van der Waals surface area contributed by atoms with Gasteiger partial charge in [-0.15, -0.1) is 0 Å². The summed E-state index contributed by atoms with van der Waals surface area (Å²) in [5.41, 5.74) is 1.12. The van der Waals surface area contributed by atoms with Crippen LogP contribution in [0.4, 0.5) is 0 Å². The Balaban J connectivity index is 2.34. The van der Waals surface area contributed by atoms with E-state index in [1.807, 2.05) is 6.07 Å². The Bertz CT molecular complexity index is 267. The quantitative estimate of drug-likeness (QED) is 0.750. The van der Waals surface area contributed by atoms with Gasteiger partial charge in [0, 0.05) is 18.2 Å². The van der Waals surface area contributed by atoms with Crippen LogP contribution in [-0.2, 0) is 0 Å². The van der Waals surface area contributed by atoms with Gasteiger partial charge < -0.3 is 14.8 Å². The molecule has 0 aliphatic heterocycles. The zero-order valence-electron chi connectivity index (χ0n) is 10.4. The molecule has 0 aromatic carbocycles. The fourth-order valence-electron chi connectivity index (χ4n) is 1.94. The molecule has 1 rings (SSSR count). The number of aliphatic hydroxyl groups excluding tert-OH is 1. The van der Waals surface area contributed by atoms with Crippen LogP contribution in [0.1, 0.15) is 45.2 Å². The average molecular weight is 225 g/mol. The molecule has 1 aromatic heterocycles. The van der Waals surface area contributed by atoms with Crippen LogP contribution < -0.4 is 5.32 Å². The van der Waals surface area contributed by atoms with E-state index in [4.69, 9.17) is 4.42 Å². The molecule has 0 fully saturated rings. The van der Waals surface area contributed by atoms with Gasteiger partial charge >= 0.3 is 0 Å². The maximum absolute atomic E-state index is 9.97. The van der Waals surface area contributed by atoms with Crippen LogP contribution in [0.2, 0.25) is 0 Å². The minimum atomic E-state index is -0.260. The van der Waals surface area contributed by atoms with Gasteiger partial charge in [-0.05, 0) is 18.9 Å². The molecular weight excluding hydrogens is 202 g/mol. The summed E-state index contributed by atoms with van der Waals surface area (Å²) in [7, 11) is 0. The van der Waals surface area contributed by atoms with Crippen molar-refractivity contribution in [3.8, 4) is 0 Å². The third-order valence-electron chi connectivity index (χ3n) is 3.27. The smallest absolute Gasteiger partial charge is 0.0950 e. The summed E-state index contributed by atoms with van der Waals surface area (Å²) in [6.07, 6.45) is 5.20. The molecule has 16 heavy (non-hydrogen) atoms. The first-order valence-corrected chi connectivity index (χ1v) is 6.12. The van der Waals surface area contributed by atoms with Crippen LogP contribution in [-0.4, -0.2) is 17.8 Å². The van der Waals surface area contributed by atoms with Gasteiger partial charge in [0.25, 0.3) is 0 Å². The van der Waals surface area contributed by atoms with Crippen molar-refractivity contribution < 1.29 is 9.52 Å². The lowest BCUT2D eigenvalue weighted by Gasteiger charge is -2.22. The van der Waals surface area contributed by atoms with Crippen LogP contribution in [0, 0.1) is 5.92 Å². The third kappa shape index (κ3) is 3.65. The lowest BCUT2D eigenvalue weighted by Crippen LogP contribution is -2.33. The Morgan fingerprint density at radius 1 is 1.38 bits per heavy atom. The molecule has 0 saturated heterocycles. The first kappa shape index (κ1) is 13.3. The highest BCUT2D eigenvalue weighted by Crippen LogP contribution is 2.15. The van der Waals surface area contributed by atoms with E-state index in [-0.39, 0.29) is 12.1 Å². The molecule has 1 heterocycles. The van der Waals surface area contributed by atoms with Gasteiger partial charge in [0.15, 0.2) is 0 Å². The Morgan fingerprint density at radius 3 is 2.56 bits per heavy atom. The van der Waals surface area contributed by atoms with Gasteiger partial charge in [0.1, 0.15) is 0 Å². The number of aliphatic hydroxyl groups is 1. The predicted molar refractivity (Wildman–Crippen MR) is 65.2 cm³/mol. The van der Waals surface area contributed by atoms with Crippen molar-refractivity contribution in [3.05, 3.63) is 24.2 Å². The Hall–Kier alpha value is -0.800. The van der Waals surface area contributed by atoms with Crippen LogP contribution in [0.25, 0.3) is 0 Å². The summed E-state index contributed by atoms with van der Waals surface area (Å²) >= 11 is 0. The SMILES string of the molecule is CCC(CC)C(O)CNC(C)c1ccoc1. The van der Waals surface area contributed by atoms with Gasteiger partial charge in [-0.2, -0.15) is 0 Å². The number of nitrogens with one attached hydrogen (secondary N) is 1. The number of hydrogen-bond donors (Lipinski definition) is 2. The van der Waals surface area contributed by atoms with E-state index >= 15 is 0 Å². The van der Waals surface area contributed by atoms with Crippen molar-refractivity contribution in [2.45, 2.75) is 45.8 Å². The van der Waals surface area contributed by atoms with Gasteiger partial charge in [0.2, 0.25) is 0 Å². The lowest BCUT2D eigenvalue weighted by molar-refractivity contribution is 0.0988. The first-order valence-electron chi connectivity index (χ1n) is 6.12. The molecule has 0 radical (unpaired) electrons. The highest BCUT2D eigenvalue weighted by atomic mass is 16.3. The van der Waals surface area contributed by atoms with Crippen molar-refractivity contribution in [2.75, 3.05) is 6.54 Å².